The van der Waals surface area contributed by atoms with Gasteiger partial charge in [-0.3, -0.25) is 9.59 Å². The first-order chi connectivity index (χ1) is 14.5. The molecule has 0 atom stereocenters. The zero-order chi connectivity index (χ0) is 21.3. The minimum atomic E-state index is -1.59. The fourth-order valence-corrected chi connectivity index (χ4v) is 3.88. The van der Waals surface area contributed by atoms with E-state index >= 15 is 0 Å². The van der Waals surface area contributed by atoms with E-state index in [9.17, 15) is 14.4 Å². The van der Waals surface area contributed by atoms with Gasteiger partial charge in [0, 0.05) is 23.0 Å². The monoisotopic (exact) mass is 410 g/mol. The molecule has 2 aliphatic rings. The highest BCUT2D eigenvalue weighted by Gasteiger charge is 2.30. The predicted molar refractivity (Wildman–Crippen MR) is 109 cm³/mol. The Bertz CT molecular complexity index is 1010. The first kappa shape index (κ1) is 19.8. The van der Waals surface area contributed by atoms with Crippen molar-refractivity contribution in [3.05, 3.63) is 47.5 Å². The van der Waals surface area contributed by atoms with Crippen LogP contribution in [0.5, 0.6) is 11.5 Å². The SMILES string of the molecule is COc1ccc(N2Cc3ccc(NC(=O)C(=O)O)cc3C2=O)cc1OC1CCCC1. The molecule has 0 spiro atoms. The van der Waals surface area contributed by atoms with Gasteiger partial charge in [0.1, 0.15) is 0 Å². The van der Waals surface area contributed by atoms with Crippen LogP contribution in [0.4, 0.5) is 11.4 Å². The van der Waals surface area contributed by atoms with Crippen LogP contribution in [0.3, 0.4) is 0 Å². The van der Waals surface area contributed by atoms with Gasteiger partial charge in [-0.05, 0) is 55.5 Å². The molecule has 0 aromatic heterocycles. The van der Waals surface area contributed by atoms with Crippen LogP contribution in [-0.2, 0) is 16.1 Å². The lowest BCUT2D eigenvalue weighted by molar-refractivity contribution is -0.147. The van der Waals surface area contributed by atoms with Crippen molar-refractivity contribution in [3.8, 4) is 11.5 Å². The number of fused-ring (bicyclic) bond motifs is 1. The largest absolute Gasteiger partial charge is 0.493 e. The highest BCUT2D eigenvalue weighted by molar-refractivity contribution is 6.36. The van der Waals surface area contributed by atoms with E-state index in [1.165, 1.54) is 6.07 Å². The summed E-state index contributed by atoms with van der Waals surface area (Å²) in [5.41, 5.74) is 2.16. The summed E-state index contributed by atoms with van der Waals surface area (Å²) in [5, 5.41) is 11.0. The normalized spacial score (nSPS) is 15.8. The Hall–Kier alpha value is -3.55. The number of benzene rings is 2. The van der Waals surface area contributed by atoms with Crippen LogP contribution in [0, 0.1) is 0 Å². The summed E-state index contributed by atoms with van der Waals surface area (Å²) in [4.78, 5) is 36.7. The maximum absolute atomic E-state index is 13.0. The highest BCUT2D eigenvalue weighted by atomic mass is 16.5. The summed E-state index contributed by atoms with van der Waals surface area (Å²) < 4.78 is 11.5. The highest BCUT2D eigenvalue weighted by Crippen LogP contribution is 2.37. The van der Waals surface area contributed by atoms with Crippen LogP contribution < -0.4 is 19.7 Å². The molecule has 30 heavy (non-hydrogen) atoms. The molecule has 0 bridgehead atoms. The summed E-state index contributed by atoms with van der Waals surface area (Å²) >= 11 is 0. The Kier molecular flexibility index (Phi) is 5.31. The molecule has 2 aromatic rings. The molecule has 1 heterocycles. The standard InChI is InChI=1S/C22H22N2O6/c1-29-18-9-8-15(11-19(18)30-16-4-2-3-5-16)24-12-13-6-7-14(10-17(13)21(24)26)23-20(25)22(27)28/h6-11,16H,2-5,12H2,1H3,(H,23,25)(H,27,28). The number of nitrogens with zero attached hydrogens (tertiary/aromatic N) is 1. The number of carboxylic acid groups (broad SMARTS) is 1. The van der Waals surface area contributed by atoms with Gasteiger partial charge < -0.3 is 24.8 Å². The van der Waals surface area contributed by atoms with E-state index in [0.29, 0.717) is 29.3 Å². The third-order valence-corrected chi connectivity index (χ3v) is 5.42. The number of hydrogen-bond acceptors (Lipinski definition) is 5. The van der Waals surface area contributed by atoms with Crippen molar-refractivity contribution in [2.45, 2.75) is 38.3 Å². The molecule has 0 saturated heterocycles. The smallest absolute Gasteiger partial charge is 0.394 e. The molecule has 0 unspecified atom stereocenters. The average molecular weight is 410 g/mol. The maximum Gasteiger partial charge on any atom is 0.394 e. The number of carbonyl (C=O) groups is 3. The molecular weight excluding hydrogens is 388 g/mol. The summed E-state index contributed by atoms with van der Waals surface area (Å²) in [6.45, 7) is 0.372. The van der Waals surface area contributed by atoms with E-state index in [1.54, 1.807) is 36.3 Å². The zero-order valence-corrected chi connectivity index (χ0v) is 16.5. The lowest BCUT2D eigenvalue weighted by Gasteiger charge is -2.20. The molecule has 1 aliphatic carbocycles. The van der Waals surface area contributed by atoms with Gasteiger partial charge in [0.2, 0.25) is 0 Å². The Morgan fingerprint density at radius 2 is 1.87 bits per heavy atom. The molecule has 4 rings (SSSR count). The molecule has 8 nitrogen and oxygen atoms in total. The van der Waals surface area contributed by atoms with Gasteiger partial charge in [0.15, 0.2) is 11.5 Å². The topological polar surface area (TPSA) is 105 Å². The Morgan fingerprint density at radius 3 is 2.57 bits per heavy atom. The molecule has 1 fully saturated rings. The molecule has 1 aliphatic heterocycles. The Balaban J connectivity index is 1.57. The van der Waals surface area contributed by atoms with E-state index in [1.807, 2.05) is 6.07 Å². The fourth-order valence-electron chi connectivity index (χ4n) is 3.88. The third kappa shape index (κ3) is 3.80. The first-order valence-corrected chi connectivity index (χ1v) is 9.80. The number of methoxy groups -OCH3 is 1. The lowest BCUT2D eigenvalue weighted by atomic mass is 10.1. The van der Waals surface area contributed by atoms with Crippen molar-refractivity contribution < 1.29 is 29.0 Å². The quantitative estimate of drug-likeness (QED) is 0.734. The lowest BCUT2D eigenvalue weighted by Crippen LogP contribution is -2.23. The minimum absolute atomic E-state index is 0.154. The number of aliphatic carboxylic acids is 1. The van der Waals surface area contributed by atoms with Crippen LogP contribution in [0.15, 0.2) is 36.4 Å². The number of hydrogen-bond donors (Lipinski definition) is 2. The number of nitrogens with one attached hydrogen (secondary N) is 1. The van der Waals surface area contributed by atoms with Crippen LogP contribution >= 0.6 is 0 Å². The summed E-state index contributed by atoms with van der Waals surface area (Å²) in [6.07, 6.45) is 4.46. The first-order valence-electron chi connectivity index (χ1n) is 9.80. The van der Waals surface area contributed by atoms with Crippen LogP contribution in [0.2, 0.25) is 0 Å². The number of amides is 2. The third-order valence-electron chi connectivity index (χ3n) is 5.42. The van der Waals surface area contributed by atoms with Crippen molar-refractivity contribution in [3.63, 3.8) is 0 Å². The van der Waals surface area contributed by atoms with Gasteiger partial charge in [-0.15, -0.1) is 0 Å². The fraction of sp³-hybridized carbons (Fsp3) is 0.318. The molecule has 2 N–H and O–H groups in total. The van der Waals surface area contributed by atoms with Gasteiger partial charge in [-0.25, -0.2) is 4.79 Å². The predicted octanol–water partition coefficient (Wildman–Crippen LogP) is 3.20. The molecule has 0 radical (unpaired) electrons. The molecular formula is C22H22N2O6. The molecule has 156 valence electrons. The number of ether oxygens (including phenoxy) is 2. The van der Waals surface area contributed by atoms with E-state index in [0.717, 1.165) is 31.2 Å². The van der Waals surface area contributed by atoms with E-state index < -0.39 is 11.9 Å². The van der Waals surface area contributed by atoms with Crippen molar-refractivity contribution in [1.82, 2.24) is 0 Å². The maximum atomic E-state index is 13.0. The van der Waals surface area contributed by atoms with E-state index in [-0.39, 0.29) is 17.7 Å². The van der Waals surface area contributed by atoms with Crippen molar-refractivity contribution in [2.75, 3.05) is 17.3 Å². The number of carboxylic acids is 1. The van der Waals surface area contributed by atoms with Gasteiger partial charge >= 0.3 is 11.9 Å². The average Bonchev–Trinajstić information content (AvgIpc) is 3.36. The van der Waals surface area contributed by atoms with Gasteiger partial charge in [-0.2, -0.15) is 0 Å². The number of carbonyl (C=O) groups excluding carboxylic acids is 2. The van der Waals surface area contributed by atoms with Crippen LogP contribution in [0.1, 0.15) is 41.6 Å². The second kappa shape index (κ2) is 8.06. The summed E-state index contributed by atoms with van der Waals surface area (Å²) in [6, 6.07) is 10.2. The number of rotatable bonds is 5. The summed E-state index contributed by atoms with van der Waals surface area (Å²) in [7, 11) is 1.58. The van der Waals surface area contributed by atoms with E-state index in [4.69, 9.17) is 14.6 Å². The summed E-state index contributed by atoms with van der Waals surface area (Å²) in [5.74, 6) is -1.74. The van der Waals surface area contributed by atoms with Crippen molar-refractivity contribution in [2.24, 2.45) is 0 Å². The molecule has 8 heteroatoms. The second-order valence-electron chi connectivity index (χ2n) is 7.38. The minimum Gasteiger partial charge on any atom is -0.493 e. The molecule has 2 aromatic carbocycles. The Labute approximate surface area is 173 Å². The molecule has 1 saturated carbocycles. The van der Waals surface area contributed by atoms with Gasteiger partial charge in [-0.1, -0.05) is 6.07 Å². The van der Waals surface area contributed by atoms with Crippen LogP contribution in [-0.4, -0.2) is 36.1 Å². The van der Waals surface area contributed by atoms with Crippen molar-refractivity contribution >= 4 is 29.2 Å². The number of anilines is 2. The Morgan fingerprint density at radius 1 is 1.10 bits per heavy atom. The van der Waals surface area contributed by atoms with Gasteiger partial charge in [0.05, 0.1) is 19.8 Å². The molecule has 2 amide bonds. The van der Waals surface area contributed by atoms with Gasteiger partial charge in [0.25, 0.3) is 5.91 Å². The van der Waals surface area contributed by atoms with Crippen LogP contribution in [0.25, 0.3) is 0 Å². The second-order valence-corrected chi connectivity index (χ2v) is 7.38. The van der Waals surface area contributed by atoms with Crippen molar-refractivity contribution in [1.29, 1.82) is 0 Å². The zero-order valence-electron chi connectivity index (χ0n) is 16.5. The van der Waals surface area contributed by atoms with E-state index in [2.05, 4.69) is 5.32 Å².